The summed E-state index contributed by atoms with van der Waals surface area (Å²) in [6.07, 6.45) is 3.17. The Bertz CT molecular complexity index is 620. The average Bonchev–Trinajstić information content (AvgIpc) is 2.71. The van der Waals surface area contributed by atoms with Gasteiger partial charge in [0.1, 0.15) is 6.33 Å². The smallest absolute Gasteiger partial charge is 0.257 e. The van der Waals surface area contributed by atoms with Crippen molar-refractivity contribution < 1.29 is 4.79 Å². The SMILES string of the molecule is Cc1nn(C)c(C)c1C(=O)N(C)C(C)c1ccncn1. The van der Waals surface area contributed by atoms with Crippen molar-refractivity contribution >= 4 is 5.91 Å². The van der Waals surface area contributed by atoms with Crippen LogP contribution in [-0.4, -0.2) is 37.6 Å². The average molecular weight is 273 g/mol. The van der Waals surface area contributed by atoms with E-state index in [1.165, 1.54) is 6.33 Å². The van der Waals surface area contributed by atoms with Crippen LogP contribution in [0.4, 0.5) is 0 Å². The quantitative estimate of drug-likeness (QED) is 0.853. The van der Waals surface area contributed by atoms with E-state index >= 15 is 0 Å². The zero-order chi connectivity index (χ0) is 14.9. The number of aryl methyl sites for hydroxylation is 2. The van der Waals surface area contributed by atoms with E-state index < -0.39 is 0 Å². The van der Waals surface area contributed by atoms with E-state index in [0.717, 1.165) is 17.1 Å². The van der Waals surface area contributed by atoms with Crippen molar-refractivity contribution in [2.24, 2.45) is 7.05 Å². The molecule has 0 saturated heterocycles. The molecule has 1 amide bonds. The molecule has 6 nitrogen and oxygen atoms in total. The molecule has 20 heavy (non-hydrogen) atoms. The van der Waals surface area contributed by atoms with Crippen LogP contribution in [0, 0.1) is 13.8 Å². The van der Waals surface area contributed by atoms with E-state index in [4.69, 9.17) is 0 Å². The van der Waals surface area contributed by atoms with Gasteiger partial charge in [-0.2, -0.15) is 5.10 Å². The molecule has 2 rings (SSSR count). The summed E-state index contributed by atoms with van der Waals surface area (Å²) in [5.41, 5.74) is 3.09. The molecule has 1 atom stereocenters. The van der Waals surface area contributed by atoms with Gasteiger partial charge in [0, 0.05) is 26.0 Å². The second-order valence-electron chi connectivity index (χ2n) is 4.90. The van der Waals surface area contributed by atoms with Crippen molar-refractivity contribution in [3.8, 4) is 0 Å². The van der Waals surface area contributed by atoms with Gasteiger partial charge in [-0.3, -0.25) is 9.48 Å². The molecule has 0 N–H and O–H groups in total. The Balaban J connectivity index is 2.29. The first-order chi connectivity index (χ1) is 9.43. The molecule has 6 heteroatoms. The van der Waals surface area contributed by atoms with Gasteiger partial charge in [-0.1, -0.05) is 0 Å². The molecule has 0 bridgehead atoms. The van der Waals surface area contributed by atoms with Gasteiger partial charge in [0.05, 0.1) is 23.0 Å². The fourth-order valence-corrected chi connectivity index (χ4v) is 2.18. The normalized spacial score (nSPS) is 12.2. The zero-order valence-electron chi connectivity index (χ0n) is 12.5. The maximum atomic E-state index is 12.6. The monoisotopic (exact) mass is 273 g/mol. The lowest BCUT2D eigenvalue weighted by Crippen LogP contribution is -2.31. The molecule has 2 aromatic rings. The van der Waals surface area contributed by atoms with Crippen molar-refractivity contribution in [2.45, 2.75) is 26.8 Å². The zero-order valence-corrected chi connectivity index (χ0v) is 12.5. The molecule has 2 heterocycles. The van der Waals surface area contributed by atoms with Crippen LogP contribution >= 0.6 is 0 Å². The van der Waals surface area contributed by atoms with E-state index in [1.54, 1.807) is 22.8 Å². The van der Waals surface area contributed by atoms with Gasteiger partial charge in [-0.05, 0) is 26.8 Å². The lowest BCUT2D eigenvalue weighted by molar-refractivity contribution is 0.0738. The van der Waals surface area contributed by atoms with Crippen LogP contribution in [0.5, 0.6) is 0 Å². The van der Waals surface area contributed by atoms with Crippen molar-refractivity contribution in [1.82, 2.24) is 24.6 Å². The van der Waals surface area contributed by atoms with Gasteiger partial charge in [0.15, 0.2) is 0 Å². The van der Waals surface area contributed by atoms with E-state index in [0.29, 0.717) is 5.56 Å². The third-order valence-electron chi connectivity index (χ3n) is 3.66. The summed E-state index contributed by atoms with van der Waals surface area (Å²) in [6.45, 7) is 5.70. The van der Waals surface area contributed by atoms with E-state index in [-0.39, 0.29) is 11.9 Å². The number of amides is 1. The highest BCUT2D eigenvalue weighted by Gasteiger charge is 2.24. The third-order valence-corrected chi connectivity index (χ3v) is 3.66. The number of rotatable bonds is 3. The first kappa shape index (κ1) is 14.2. The van der Waals surface area contributed by atoms with Crippen molar-refractivity contribution in [2.75, 3.05) is 7.05 Å². The second-order valence-corrected chi connectivity index (χ2v) is 4.90. The van der Waals surface area contributed by atoms with Crippen LogP contribution in [0.25, 0.3) is 0 Å². The summed E-state index contributed by atoms with van der Waals surface area (Å²) in [7, 11) is 3.62. The van der Waals surface area contributed by atoms with Crippen molar-refractivity contribution in [1.29, 1.82) is 0 Å². The Labute approximate surface area is 118 Å². The lowest BCUT2D eigenvalue weighted by atomic mass is 10.1. The maximum absolute atomic E-state index is 12.6. The van der Waals surface area contributed by atoms with Crippen LogP contribution in [0.3, 0.4) is 0 Å². The van der Waals surface area contributed by atoms with E-state index in [2.05, 4.69) is 15.1 Å². The van der Waals surface area contributed by atoms with Gasteiger partial charge in [0.2, 0.25) is 0 Å². The highest BCUT2D eigenvalue weighted by atomic mass is 16.2. The first-order valence-corrected chi connectivity index (χ1v) is 6.46. The maximum Gasteiger partial charge on any atom is 0.257 e. The molecule has 0 aromatic carbocycles. The van der Waals surface area contributed by atoms with Gasteiger partial charge >= 0.3 is 0 Å². The topological polar surface area (TPSA) is 63.9 Å². The van der Waals surface area contributed by atoms with Gasteiger partial charge < -0.3 is 4.90 Å². The molecule has 0 aliphatic heterocycles. The lowest BCUT2D eigenvalue weighted by Gasteiger charge is -2.24. The highest BCUT2D eigenvalue weighted by molar-refractivity contribution is 5.96. The standard InChI is InChI=1S/C14H19N5O/c1-9-13(11(3)19(5)17-9)14(20)18(4)10(2)12-6-7-15-8-16-12/h6-8,10H,1-5H3. The van der Waals surface area contributed by atoms with Gasteiger partial charge in [-0.25, -0.2) is 9.97 Å². The van der Waals surface area contributed by atoms with E-state index in [1.807, 2.05) is 33.9 Å². The number of carbonyl (C=O) groups is 1. The largest absolute Gasteiger partial charge is 0.333 e. The fourth-order valence-electron chi connectivity index (χ4n) is 2.18. The Morgan fingerprint density at radius 1 is 1.40 bits per heavy atom. The fraction of sp³-hybridized carbons (Fsp3) is 0.429. The van der Waals surface area contributed by atoms with Crippen LogP contribution in [0.15, 0.2) is 18.6 Å². The number of nitrogens with zero attached hydrogens (tertiary/aromatic N) is 5. The number of aromatic nitrogens is 4. The highest BCUT2D eigenvalue weighted by Crippen LogP contribution is 2.21. The molecule has 0 saturated carbocycles. The summed E-state index contributed by atoms with van der Waals surface area (Å²) >= 11 is 0. The summed E-state index contributed by atoms with van der Waals surface area (Å²) in [4.78, 5) is 22.4. The summed E-state index contributed by atoms with van der Waals surface area (Å²) < 4.78 is 1.73. The molecular weight excluding hydrogens is 254 g/mol. The molecule has 0 spiro atoms. The van der Waals surface area contributed by atoms with Crippen LogP contribution < -0.4 is 0 Å². The molecule has 1 unspecified atom stereocenters. The summed E-state index contributed by atoms with van der Waals surface area (Å²) in [5.74, 6) is -0.0424. The Kier molecular flexibility index (Phi) is 3.83. The minimum absolute atomic E-state index is 0.0424. The third kappa shape index (κ3) is 2.41. The first-order valence-electron chi connectivity index (χ1n) is 6.46. The predicted octanol–water partition coefficient (Wildman–Crippen LogP) is 1.66. The van der Waals surface area contributed by atoms with Crippen LogP contribution in [0.1, 0.15) is 40.4 Å². The minimum Gasteiger partial charge on any atom is -0.333 e. The van der Waals surface area contributed by atoms with Crippen molar-refractivity contribution in [3.05, 3.63) is 41.2 Å². The van der Waals surface area contributed by atoms with Crippen LogP contribution in [-0.2, 0) is 7.05 Å². The van der Waals surface area contributed by atoms with Gasteiger partial charge in [-0.15, -0.1) is 0 Å². The predicted molar refractivity (Wildman–Crippen MR) is 75.2 cm³/mol. The molecule has 2 aromatic heterocycles. The van der Waals surface area contributed by atoms with Crippen LogP contribution in [0.2, 0.25) is 0 Å². The Morgan fingerprint density at radius 3 is 2.60 bits per heavy atom. The Morgan fingerprint density at radius 2 is 2.10 bits per heavy atom. The molecular formula is C14H19N5O. The molecule has 0 radical (unpaired) electrons. The molecule has 0 fully saturated rings. The minimum atomic E-state index is -0.121. The molecule has 0 aliphatic carbocycles. The number of carbonyl (C=O) groups excluding carboxylic acids is 1. The molecule has 106 valence electrons. The molecule has 0 aliphatic rings. The Hall–Kier alpha value is -2.24. The van der Waals surface area contributed by atoms with Crippen molar-refractivity contribution in [3.63, 3.8) is 0 Å². The van der Waals surface area contributed by atoms with E-state index in [9.17, 15) is 4.79 Å². The summed E-state index contributed by atoms with van der Waals surface area (Å²) in [5, 5.41) is 4.29. The van der Waals surface area contributed by atoms with Gasteiger partial charge in [0.25, 0.3) is 5.91 Å². The second kappa shape index (κ2) is 5.40. The summed E-state index contributed by atoms with van der Waals surface area (Å²) in [6, 6.07) is 1.70. The number of hydrogen-bond donors (Lipinski definition) is 0. The number of hydrogen-bond acceptors (Lipinski definition) is 4.